The van der Waals surface area contributed by atoms with Crippen molar-refractivity contribution in [2.45, 2.75) is 12.8 Å². The summed E-state index contributed by atoms with van der Waals surface area (Å²) >= 11 is 6.13. The molecule has 1 aliphatic rings. The van der Waals surface area contributed by atoms with Crippen molar-refractivity contribution in [3.8, 4) is 5.75 Å². The van der Waals surface area contributed by atoms with E-state index in [-0.39, 0.29) is 35.1 Å². The van der Waals surface area contributed by atoms with Crippen LogP contribution in [0.1, 0.15) is 18.4 Å². The number of aliphatic carboxylic acids is 1. The summed E-state index contributed by atoms with van der Waals surface area (Å²) in [6, 6.07) is 3.44. The van der Waals surface area contributed by atoms with Crippen molar-refractivity contribution in [2.75, 3.05) is 6.54 Å². The summed E-state index contributed by atoms with van der Waals surface area (Å²) in [5.74, 6) is -1.98. The molecular formula is C14H12FNO4S2. The maximum atomic E-state index is 13.2. The van der Waals surface area contributed by atoms with Crippen LogP contribution < -0.4 is 0 Å². The van der Waals surface area contributed by atoms with E-state index in [1.807, 2.05) is 0 Å². The number of phenols is 1. The molecule has 2 rings (SSSR count). The van der Waals surface area contributed by atoms with Crippen LogP contribution in [0.15, 0.2) is 23.1 Å². The topological polar surface area (TPSA) is 77.8 Å². The van der Waals surface area contributed by atoms with E-state index in [9.17, 15) is 19.1 Å². The van der Waals surface area contributed by atoms with Crippen molar-refractivity contribution in [3.63, 3.8) is 0 Å². The summed E-state index contributed by atoms with van der Waals surface area (Å²) in [6.45, 7) is 0.212. The van der Waals surface area contributed by atoms with Gasteiger partial charge in [0.15, 0.2) is 0 Å². The number of thioether (sulfide) groups is 1. The average molecular weight is 341 g/mol. The number of thiocarbonyl (C=S) groups is 1. The second-order valence-corrected chi connectivity index (χ2v) is 6.21. The molecule has 116 valence electrons. The lowest BCUT2D eigenvalue weighted by atomic mass is 10.1. The van der Waals surface area contributed by atoms with Crippen LogP contribution >= 0.6 is 24.0 Å². The SMILES string of the molecule is O=C(O)CCCN1C(=O)/C(=C/c2cc(F)ccc2O)SC1=S. The van der Waals surface area contributed by atoms with Crippen LogP contribution in [0.3, 0.4) is 0 Å². The van der Waals surface area contributed by atoms with Crippen molar-refractivity contribution in [1.82, 2.24) is 4.90 Å². The van der Waals surface area contributed by atoms with Gasteiger partial charge in [-0.1, -0.05) is 24.0 Å². The molecule has 0 aromatic heterocycles. The van der Waals surface area contributed by atoms with Gasteiger partial charge in [0.2, 0.25) is 0 Å². The fourth-order valence-electron chi connectivity index (χ4n) is 1.86. The van der Waals surface area contributed by atoms with E-state index in [2.05, 4.69) is 0 Å². The Balaban J connectivity index is 2.15. The first-order chi connectivity index (χ1) is 10.4. The summed E-state index contributed by atoms with van der Waals surface area (Å²) in [7, 11) is 0. The second-order valence-electron chi connectivity index (χ2n) is 4.53. The molecule has 1 heterocycles. The number of amides is 1. The van der Waals surface area contributed by atoms with Gasteiger partial charge in [-0.3, -0.25) is 14.5 Å². The van der Waals surface area contributed by atoms with Crippen molar-refractivity contribution in [2.24, 2.45) is 0 Å². The molecule has 8 heteroatoms. The molecule has 0 aliphatic carbocycles. The lowest BCUT2D eigenvalue weighted by Gasteiger charge is -2.13. The molecule has 0 radical (unpaired) electrons. The van der Waals surface area contributed by atoms with Gasteiger partial charge in [0.25, 0.3) is 5.91 Å². The first kappa shape index (κ1) is 16.4. The molecule has 0 bridgehead atoms. The smallest absolute Gasteiger partial charge is 0.303 e. The highest BCUT2D eigenvalue weighted by Crippen LogP contribution is 2.34. The predicted molar refractivity (Wildman–Crippen MR) is 84.8 cm³/mol. The molecule has 1 amide bonds. The first-order valence-electron chi connectivity index (χ1n) is 6.34. The molecule has 1 fully saturated rings. The molecule has 1 aliphatic heterocycles. The monoisotopic (exact) mass is 341 g/mol. The molecule has 22 heavy (non-hydrogen) atoms. The number of aromatic hydroxyl groups is 1. The van der Waals surface area contributed by atoms with E-state index in [0.717, 1.165) is 23.9 Å². The number of phenolic OH excluding ortho intramolecular Hbond substituents is 1. The molecule has 1 aromatic rings. The van der Waals surface area contributed by atoms with Gasteiger partial charge in [0.1, 0.15) is 15.9 Å². The molecule has 1 aromatic carbocycles. The highest BCUT2D eigenvalue weighted by Gasteiger charge is 2.31. The molecule has 0 spiro atoms. The van der Waals surface area contributed by atoms with Crippen LogP contribution in [-0.4, -0.2) is 37.9 Å². The third-order valence-corrected chi connectivity index (χ3v) is 4.30. The number of carboxylic acids is 1. The minimum atomic E-state index is -0.939. The van der Waals surface area contributed by atoms with Gasteiger partial charge in [-0.15, -0.1) is 0 Å². The van der Waals surface area contributed by atoms with Gasteiger partial charge in [0.05, 0.1) is 4.91 Å². The van der Waals surface area contributed by atoms with Crippen LogP contribution in [0.5, 0.6) is 5.75 Å². The number of carbonyl (C=O) groups excluding carboxylic acids is 1. The molecular weight excluding hydrogens is 329 g/mol. The largest absolute Gasteiger partial charge is 0.507 e. The molecule has 0 atom stereocenters. The number of carbonyl (C=O) groups is 2. The number of halogens is 1. The van der Waals surface area contributed by atoms with Crippen molar-refractivity contribution < 1.29 is 24.2 Å². The highest BCUT2D eigenvalue weighted by atomic mass is 32.2. The molecule has 0 saturated carbocycles. The van der Waals surface area contributed by atoms with Gasteiger partial charge in [-0.05, 0) is 30.7 Å². The maximum absolute atomic E-state index is 13.2. The summed E-state index contributed by atoms with van der Waals surface area (Å²) in [4.78, 5) is 24.3. The Morgan fingerprint density at radius 2 is 2.18 bits per heavy atom. The van der Waals surface area contributed by atoms with Gasteiger partial charge in [-0.2, -0.15) is 0 Å². The molecule has 5 nitrogen and oxygen atoms in total. The van der Waals surface area contributed by atoms with E-state index in [1.54, 1.807) is 0 Å². The van der Waals surface area contributed by atoms with E-state index in [1.165, 1.54) is 17.0 Å². The van der Waals surface area contributed by atoms with Crippen molar-refractivity contribution in [1.29, 1.82) is 0 Å². The van der Waals surface area contributed by atoms with Crippen LogP contribution in [0.2, 0.25) is 0 Å². The number of hydrogen-bond donors (Lipinski definition) is 2. The van der Waals surface area contributed by atoms with E-state index < -0.39 is 11.8 Å². The fraction of sp³-hybridized carbons (Fsp3) is 0.214. The summed E-state index contributed by atoms with van der Waals surface area (Å²) in [6.07, 6.45) is 1.61. The Bertz CT molecular complexity index is 675. The van der Waals surface area contributed by atoms with Gasteiger partial charge >= 0.3 is 5.97 Å². The standard InChI is InChI=1S/C14H12FNO4S2/c15-9-3-4-10(17)8(6-9)7-11-13(20)16(14(21)22-11)5-1-2-12(18)19/h3-4,6-7,17H,1-2,5H2,(H,18,19)/b11-7-. The van der Waals surface area contributed by atoms with Gasteiger partial charge in [-0.25, -0.2) is 4.39 Å². The van der Waals surface area contributed by atoms with Crippen LogP contribution in [-0.2, 0) is 9.59 Å². The molecule has 2 N–H and O–H groups in total. The van der Waals surface area contributed by atoms with Crippen LogP contribution in [0, 0.1) is 5.82 Å². The lowest BCUT2D eigenvalue weighted by molar-refractivity contribution is -0.137. The quantitative estimate of drug-likeness (QED) is 0.633. The normalized spacial score (nSPS) is 16.6. The Labute approximate surface area is 135 Å². The van der Waals surface area contributed by atoms with Crippen LogP contribution in [0.25, 0.3) is 6.08 Å². The summed E-state index contributed by atoms with van der Waals surface area (Å²) in [5.41, 5.74) is 0.186. The Morgan fingerprint density at radius 1 is 1.45 bits per heavy atom. The lowest BCUT2D eigenvalue weighted by Crippen LogP contribution is -2.29. The zero-order valence-electron chi connectivity index (χ0n) is 11.3. The third kappa shape index (κ3) is 3.83. The highest BCUT2D eigenvalue weighted by molar-refractivity contribution is 8.26. The minimum absolute atomic E-state index is 0.0548. The molecule has 1 saturated heterocycles. The van der Waals surface area contributed by atoms with Gasteiger partial charge in [0, 0.05) is 18.5 Å². The first-order valence-corrected chi connectivity index (χ1v) is 7.56. The number of hydrogen-bond acceptors (Lipinski definition) is 5. The summed E-state index contributed by atoms with van der Waals surface area (Å²) in [5, 5.41) is 18.3. The Hall–Kier alpha value is -1.93. The zero-order chi connectivity index (χ0) is 16.3. The third-order valence-electron chi connectivity index (χ3n) is 2.92. The predicted octanol–water partition coefficient (Wildman–Crippen LogP) is 2.60. The number of benzene rings is 1. The number of nitrogens with zero attached hydrogens (tertiary/aromatic N) is 1. The Morgan fingerprint density at radius 3 is 2.86 bits per heavy atom. The minimum Gasteiger partial charge on any atom is -0.507 e. The van der Waals surface area contributed by atoms with E-state index >= 15 is 0 Å². The molecule has 0 unspecified atom stereocenters. The summed E-state index contributed by atoms with van der Waals surface area (Å²) < 4.78 is 13.5. The number of rotatable bonds is 5. The van der Waals surface area contributed by atoms with E-state index in [4.69, 9.17) is 17.3 Å². The number of carboxylic acid groups (broad SMARTS) is 1. The Kier molecular flexibility index (Phi) is 5.15. The second kappa shape index (κ2) is 6.89. The van der Waals surface area contributed by atoms with Crippen molar-refractivity contribution in [3.05, 3.63) is 34.5 Å². The zero-order valence-corrected chi connectivity index (χ0v) is 12.9. The van der Waals surface area contributed by atoms with Crippen LogP contribution in [0.4, 0.5) is 4.39 Å². The van der Waals surface area contributed by atoms with Crippen molar-refractivity contribution >= 4 is 46.3 Å². The van der Waals surface area contributed by atoms with E-state index in [0.29, 0.717) is 10.7 Å². The average Bonchev–Trinajstić information content (AvgIpc) is 2.70. The van der Waals surface area contributed by atoms with Gasteiger partial charge < -0.3 is 10.2 Å². The fourth-order valence-corrected chi connectivity index (χ4v) is 3.16. The maximum Gasteiger partial charge on any atom is 0.303 e.